The van der Waals surface area contributed by atoms with E-state index in [1.165, 1.54) is 0 Å². The second kappa shape index (κ2) is 13.8. The lowest BCUT2D eigenvalue weighted by molar-refractivity contribution is 0.669. The van der Waals surface area contributed by atoms with Crippen LogP contribution in [0.3, 0.4) is 0 Å². The first-order valence-corrected chi connectivity index (χ1v) is 18.2. The fourth-order valence-corrected chi connectivity index (χ4v) is 7.08. The molecule has 0 aliphatic rings. The first-order chi connectivity index (χ1) is 27.2. The van der Waals surface area contributed by atoms with Crippen molar-refractivity contribution in [3.8, 4) is 79.2 Å². The van der Waals surface area contributed by atoms with E-state index in [1.807, 2.05) is 115 Å². The molecule has 258 valence electrons. The minimum absolute atomic E-state index is 0.559. The van der Waals surface area contributed by atoms with Crippen LogP contribution in [0.5, 0.6) is 0 Å². The van der Waals surface area contributed by atoms with Gasteiger partial charge in [0.25, 0.3) is 0 Å². The standard InChI is InChI=1S/C49H31N5O/c1-5-15-32(16-6-1)33-27-29-37(30-28-33)47-52-46(36-21-11-4-12-22-36)53-48(54-47)39-24-14-26-43-44(39)38-23-13-25-40(45(38)55-43)49-50-41(34-17-7-2-8-18-34)31-42(51-49)35-19-9-3-10-20-35/h1-31H. The van der Waals surface area contributed by atoms with Crippen molar-refractivity contribution >= 4 is 21.9 Å². The van der Waals surface area contributed by atoms with Crippen LogP contribution >= 0.6 is 0 Å². The van der Waals surface area contributed by atoms with Crippen molar-refractivity contribution in [3.63, 3.8) is 0 Å². The van der Waals surface area contributed by atoms with Crippen LogP contribution in [-0.2, 0) is 0 Å². The Morgan fingerprint density at radius 2 is 0.745 bits per heavy atom. The Morgan fingerprint density at radius 3 is 1.35 bits per heavy atom. The summed E-state index contributed by atoms with van der Waals surface area (Å²) in [7, 11) is 0. The first-order valence-electron chi connectivity index (χ1n) is 18.2. The van der Waals surface area contributed by atoms with Crippen LogP contribution in [0.15, 0.2) is 192 Å². The SMILES string of the molecule is c1ccc(-c2ccc(-c3nc(-c4ccccc4)nc(-c4cccc5oc6c(-c7nc(-c8ccccc8)cc(-c8ccccc8)n7)cccc6c45)n3)cc2)cc1. The zero-order valence-electron chi connectivity index (χ0n) is 29.5. The topological polar surface area (TPSA) is 77.6 Å². The number of hydrogen-bond acceptors (Lipinski definition) is 6. The van der Waals surface area contributed by atoms with Crippen LogP contribution < -0.4 is 0 Å². The zero-order chi connectivity index (χ0) is 36.6. The van der Waals surface area contributed by atoms with Crippen molar-refractivity contribution in [3.05, 3.63) is 188 Å². The fraction of sp³-hybridized carbons (Fsp3) is 0. The van der Waals surface area contributed by atoms with Crippen molar-refractivity contribution in [2.75, 3.05) is 0 Å². The molecule has 6 nitrogen and oxygen atoms in total. The lowest BCUT2D eigenvalue weighted by Gasteiger charge is -2.10. The molecule has 0 saturated carbocycles. The molecule has 0 amide bonds. The first kappa shape index (κ1) is 32.1. The average Bonchev–Trinajstić information content (AvgIpc) is 3.67. The summed E-state index contributed by atoms with van der Waals surface area (Å²) in [5.74, 6) is 2.33. The van der Waals surface area contributed by atoms with Crippen molar-refractivity contribution in [1.82, 2.24) is 24.9 Å². The van der Waals surface area contributed by atoms with Crippen molar-refractivity contribution < 1.29 is 4.42 Å². The van der Waals surface area contributed by atoms with Gasteiger partial charge in [0, 0.05) is 38.6 Å². The van der Waals surface area contributed by atoms with Gasteiger partial charge in [0.2, 0.25) is 0 Å². The van der Waals surface area contributed by atoms with E-state index >= 15 is 0 Å². The molecule has 0 spiro atoms. The molecular weight excluding hydrogens is 675 g/mol. The van der Waals surface area contributed by atoms with E-state index in [0.29, 0.717) is 28.9 Å². The molecule has 10 aromatic rings. The minimum atomic E-state index is 0.559. The van der Waals surface area contributed by atoms with Crippen LogP contribution in [0.4, 0.5) is 0 Å². The lowest BCUT2D eigenvalue weighted by atomic mass is 10.0. The Balaban J connectivity index is 1.15. The second-order valence-corrected chi connectivity index (χ2v) is 13.3. The Hall–Kier alpha value is -7.57. The van der Waals surface area contributed by atoms with E-state index < -0.39 is 0 Å². The number of aromatic nitrogens is 5. The highest BCUT2D eigenvalue weighted by atomic mass is 16.3. The molecular formula is C49H31N5O. The predicted octanol–water partition coefficient (Wildman–Crippen LogP) is 12.2. The minimum Gasteiger partial charge on any atom is -0.455 e. The Bertz CT molecular complexity index is 2890. The van der Waals surface area contributed by atoms with Gasteiger partial charge >= 0.3 is 0 Å². The molecule has 55 heavy (non-hydrogen) atoms. The van der Waals surface area contributed by atoms with Crippen LogP contribution in [0, 0.1) is 0 Å². The van der Waals surface area contributed by atoms with Gasteiger partial charge in [-0.15, -0.1) is 0 Å². The molecule has 0 atom stereocenters. The largest absolute Gasteiger partial charge is 0.455 e. The number of furan rings is 1. The van der Waals surface area contributed by atoms with Gasteiger partial charge in [-0.3, -0.25) is 0 Å². The molecule has 0 bridgehead atoms. The summed E-state index contributed by atoms with van der Waals surface area (Å²) in [6, 6.07) is 63.3. The summed E-state index contributed by atoms with van der Waals surface area (Å²) >= 11 is 0. The molecule has 0 unspecified atom stereocenters. The quantitative estimate of drug-likeness (QED) is 0.164. The molecule has 3 aromatic heterocycles. The monoisotopic (exact) mass is 705 g/mol. The lowest BCUT2D eigenvalue weighted by Crippen LogP contribution is -2.00. The second-order valence-electron chi connectivity index (χ2n) is 13.3. The summed E-state index contributed by atoms with van der Waals surface area (Å²) in [6.07, 6.45) is 0. The van der Waals surface area contributed by atoms with Crippen molar-refractivity contribution in [2.24, 2.45) is 0 Å². The van der Waals surface area contributed by atoms with E-state index in [-0.39, 0.29) is 0 Å². The molecule has 0 radical (unpaired) electrons. The Morgan fingerprint density at radius 1 is 0.309 bits per heavy atom. The van der Waals surface area contributed by atoms with E-state index in [2.05, 4.69) is 72.8 Å². The van der Waals surface area contributed by atoms with E-state index in [4.69, 9.17) is 29.3 Å². The van der Waals surface area contributed by atoms with Crippen LogP contribution in [0.25, 0.3) is 101 Å². The number of benzene rings is 7. The molecule has 0 aliphatic carbocycles. The highest BCUT2D eigenvalue weighted by Crippen LogP contribution is 2.40. The molecule has 0 aliphatic heterocycles. The van der Waals surface area contributed by atoms with Crippen molar-refractivity contribution in [2.45, 2.75) is 0 Å². The smallest absolute Gasteiger partial charge is 0.164 e. The summed E-state index contributed by atoms with van der Waals surface area (Å²) < 4.78 is 6.73. The van der Waals surface area contributed by atoms with Gasteiger partial charge in [0.15, 0.2) is 23.3 Å². The van der Waals surface area contributed by atoms with E-state index in [0.717, 1.165) is 72.3 Å². The number of nitrogens with zero attached hydrogens (tertiary/aromatic N) is 5. The summed E-state index contributed by atoms with van der Waals surface area (Å²) in [6.45, 7) is 0. The van der Waals surface area contributed by atoms with Gasteiger partial charge in [-0.1, -0.05) is 170 Å². The van der Waals surface area contributed by atoms with Crippen LogP contribution in [0.1, 0.15) is 0 Å². The Labute approximate surface area is 317 Å². The highest BCUT2D eigenvalue weighted by Gasteiger charge is 2.21. The van der Waals surface area contributed by atoms with Gasteiger partial charge < -0.3 is 4.42 Å². The Kier molecular flexibility index (Phi) is 8.04. The maximum absolute atomic E-state index is 6.73. The maximum Gasteiger partial charge on any atom is 0.164 e. The summed E-state index contributed by atoms with van der Waals surface area (Å²) in [5.41, 5.74) is 10.8. The molecule has 0 saturated heterocycles. The summed E-state index contributed by atoms with van der Waals surface area (Å²) in [5, 5.41) is 1.84. The van der Waals surface area contributed by atoms with Gasteiger partial charge in [0.1, 0.15) is 11.2 Å². The fourth-order valence-electron chi connectivity index (χ4n) is 7.08. The van der Waals surface area contributed by atoms with Gasteiger partial charge in [-0.05, 0) is 29.3 Å². The van der Waals surface area contributed by atoms with Crippen LogP contribution in [0.2, 0.25) is 0 Å². The number of hydrogen-bond donors (Lipinski definition) is 0. The van der Waals surface area contributed by atoms with Crippen molar-refractivity contribution in [1.29, 1.82) is 0 Å². The van der Waals surface area contributed by atoms with Gasteiger partial charge in [-0.2, -0.15) is 0 Å². The molecule has 3 heterocycles. The average molecular weight is 706 g/mol. The molecule has 6 heteroatoms. The number of para-hydroxylation sites is 1. The van der Waals surface area contributed by atoms with Gasteiger partial charge in [0.05, 0.1) is 17.0 Å². The normalized spacial score (nSPS) is 11.3. The third-order valence-electron chi connectivity index (χ3n) is 9.79. The molecule has 0 fully saturated rings. The molecule has 0 N–H and O–H groups in total. The molecule has 7 aromatic carbocycles. The maximum atomic E-state index is 6.73. The van der Waals surface area contributed by atoms with E-state index in [1.54, 1.807) is 0 Å². The predicted molar refractivity (Wildman–Crippen MR) is 221 cm³/mol. The summed E-state index contributed by atoms with van der Waals surface area (Å²) in [4.78, 5) is 25.4. The molecule has 10 rings (SSSR count). The third-order valence-corrected chi connectivity index (χ3v) is 9.79. The zero-order valence-corrected chi connectivity index (χ0v) is 29.5. The third kappa shape index (κ3) is 6.11. The van der Waals surface area contributed by atoms with Gasteiger partial charge in [-0.25, -0.2) is 24.9 Å². The highest BCUT2D eigenvalue weighted by molar-refractivity contribution is 6.14. The van der Waals surface area contributed by atoms with E-state index in [9.17, 15) is 0 Å². The number of fused-ring (bicyclic) bond motifs is 3. The van der Waals surface area contributed by atoms with Crippen LogP contribution in [-0.4, -0.2) is 24.9 Å². The number of rotatable bonds is 7.